The normalized spacial score (nSPS) is 10.4. The molecular weight excluding hydrogens is 231 g/mol. The average molecular weight is 246 g/mol. The topological polar surface area (TPSA) is 45.2 Å². The Morgan fingerprint density at radius 3 is 2.89 bits per heavy atom. The van der Waals surface area contributed by atoms with E-state index in [1.54, 1.807) is 30.6 Å². The number of aryl methyl sites for hydroxylation is 1. The minimum atomic E-state index is -0.234. The summed E-state index contributed by atoms with van der Waals surface area (Å²) in [5, 5.41) is 12.3. The predicted octanol–water partition coefficient (Wildman–Crippen LogP) is 2.63. The first kappa shape index (κ1) is 12.5. The molecule has 2 aromatic rings. The van der Waals surface area contributed by atoms with Crippen LogP contribution in [0.4, 0.5) is 10.1 Å². The highest BCUT2D eigenvalue weighted by molar-refractivity contribution is 5.49. The molecule has 0 aliphatic carbocycles. The van der Waals surface area contributed by atoms with Crippen molar-refractivity contribution in [3.63, 3.8) is 0 Å². The van der Waals surface area contributed by atoms with Crippen LogP contribution in [0.25, 0.3) is 0 Å². The summed E-state index contributed by atoms with van der Waals surface area (Å²) < 4.78 is 13.5. The first-order valence-corrected chi connectivity index (χ1v) is 5.73. The number of aliphatic hydroxyl groups excluding tert-OH is 1. The second kappa shape index (κ2) is 5.60. The molecule has 0 fully saturated rings. The lowest BCUT2D eigenvalue weighted by molar-refractivity contribution is 0.282. The monoisotopic (exact) mass is 246 g/mol. The standard InChI is InChI=1S/C14H15FN2O/c1-10-2-3-13(15)12(6-10)7-17-14-8-16-5-4-11(14)9-18/h2-6,8,17-18H,7,9H2,1H3. The Labute approximate surface area is 105 Å². The van der Waals surface area contributed by atoms with Crippen LogP contribution in [0.15, 0.2) is 36.7 Å². The van der Waals surface area contributed by atoms with E-state index in [1.165, 1.54) is 6.07 Å². The van der Waals surface area contributed by atoms with Gasteiger partial charge in [0.2, 0.25) is 0 Å². The number of benzene rings is 1. The molecule has 3 nitrogen and oxygen atoms in total. The van der Waals surface area contributed by atoms with Crippen molar-refractivity contribution in [3.8, 4) is 0 Å². The minimum Gasteiger partial charge on any atom is -0.392 e. The highest BCUT2D eigenvalue weighted by atomic mass is 19.1. The van der Waals surface area contributed by atoms with Gasteiger partial charge >= 0.3 is 0 Å². The summed E-state index contributed by atoms with van der Waals surface area (Å²) in [5.41, 5.74) is 3.09. The fourth-order valence-corrected chi connectivity index (χ4v) is 1.75. The lowest BCUT2D eigenvalue weighted by atomic mass is 10.1. The Morgan fingerprint density at radius 1 is 1.28 bits per heavy atom. The van der Waals surface area contributed by atoms with Gasteiger partial charge in [-0.3, -0.25) is 4.98 Å². The molecule has 1 aromatic carbocycles. The number of pyridine rings is 1. The molecule has 2 N–H and O–H groups in total. The summed E-state index contributed by atoms with van der Waals surface area (Å²) in [6, 6.07) is 6.73. The van der Waals surface area contributed by atoms with Crippen molar-refractivity contribution < 1.29 is 9.50 Å². The number of halogens is 1. The van der Waals surface area contributed by atoms with Gasteiger partial charge < -0.3 is 10.4 Å². The van der Waals surface area contributed by atoms with Crippen molar-refractivity contribution in [2.24, 2.45) is 0 Å². The van der Waals surface area contributed by atoms with Crippen LogP contribution >= 0.6 is 0 Å². The van der Waals surface area contributed by atoms with Gasteiger partial charge in [0, 0.05) is 23.9 Å². The van der Waals surface area contributed by atoms with Crippen molar-refractivity contribution in [2.75, 3.05) is 5.32 Å². The summed E-state index contributed by atoms with van der Waals surface area (Å²) in [4.78, 5) is 3.98. The second-order valence-corrected chi connectivity index (χ2v) is 4.14. The smallest absolute Gasteiger partial charge is 0.128 e. The molecule has 94 valence electrons. The number of hydrogen-bond acceptors (Lipinski definition) is 3. The van der Waals surface area contributed by atoms with E-state index in [9.17, 15) is 9.50 Å². The lowest BCUT2D eigenvalue weighted by Crippen LogP contribution is -2.05. The molecule has 0 saturated carbocycles. The number of aliphatic hydroxyl groups is 1. The number of nitrogens with zero attached hydrogens (tertiary/aromatic N) is 1. The number of nitrogens with one attached hydrogen (secondary N) is 1. The molecule has 0 spiro atoms. The fraction of sp³-hybridized carbons (Fsp3) is 0.214. The van der Waals surface area contributed by atoms with Gasteiger partial charge in [0.15, 0.2) is 0 Å². The van der Waals surface area contributed by atoms with Gasteiger partial charge in [-0.25, -0.2) is 4.39 Å². The van der Waals surface area contributed by atoms with Gasteiger partial charge in [-0.15, -0.1) is 0 Å². The van der Waals surface area contributed by atoms with Crippen molar-refractivity contribution in [2.45, 2.75) is 20.1 Å². The molecule has 0 aliphatic heterocycles. The van der Waals surface area contributed by atoms with Gasteiger partial charge in [0.25, 0.3) is 0 Å². The summed E-state index contributed by atoms with van der Waals surface area (Å²) in [6.07, 6.45) is 3.24. The Kier molecular flexibility index (Phi) is 3.89. The highest BCUT2D eigenvalue weighted by Gasteiger charge is 2.04. The number of hydrogen-bond donors (Lipinski definition) is 2. The van der Waals surface area contributed by atoms with Crippen LogP contribution < -0.4 is 5.32 Å². The molecule has 0 radical (unpaired) electrons. The van der Waals surface area contributed by atoms with Gasteiger partial charge in [-0.2, -0.15) is 0 Å². The van der Waals surface area contributed by atoms with Crippen LogP contribution in [0, 0.1) is 12.7 Å². The predicted molar refractivity (Wildman–Crippen MR) is 68.6 cm³/mol. The molecule has 1 aromatic heterocycles. The van der Waals surface area contributed by atoms with Crippen molar-refractivity contribution >= 4 is 5.69 Å². The van der Waals surface area contributed by atoms with Crippen molar-refractivity contribution in [1.29, 1.82) is 0 Å². The minimum absolute atomic E-state index is 0.0683. The number of rotatable bonds is 4. The van der Waals surface area contributed by atoms with Crippen LogP contribution in [0.5, 0.6) is 0 Å². The Balaban J connectivity index is 2.14. The molecule has 0 aliphatic rings. The zero-order valence-electron chi connectivity index (χ0n) is 10.2. The van der Waals surface area contributed by atoms with Gasteiger partial charge in [0.1, 0.15) is 5.82 Å². The van der Waals surface area contributed by atoms with E-state index < -0.39 is 0 Å². The van der Waals surface area contributed by atoms with Gasteiger partial charge in [-0.1, -0.05) is 17.7 Å². The zero-order valence-corrected chi connectivity index (χ0v) is 10.2. The summed E-state index contributed by atoms with van der Waals surface area (Å²) in [6.45, 7) is 2.22. The highest BCUT2D eigenvalue weighted by Crippen LogP contribution is 2.16. The maximum atomic E-state index is 13.5. The third-order valence-electron chi connectivity index (χ3n) is 2.75. The van der Waals surface area contributed by atoms with E-state index in [1.807, 2.05) is 6.92 Å². The Hall–Kier alpha value is -1.94. The second-order valence-electron chi connectivity index (χ2n) is 4.14. The van der Waals surface area contributed by atoms with Crippen LogP contribution in [0.1, 0.15) is 16.7 Å². The van der Waals surface area contributed by atoms with Crippen LogP contribution in [-0.4, -0.2) is 10.1 Å². The van der Waals surface area contributed by atoms with Gasteiger partial charge in [0.05, 0.1) is 18.5 Å². The van der Waals surface area contributed by atoms with E-state index in [-0.39, 0.29) is 12.4 Å². The van der Waals surface area contributed by atoms with Crippen LogP contribution in [0.2, 0.25) is 0 Å². The maximum absolute atomic E-state index is 13.5. The average Bonchev–Trinajstić information content (AvgIpc) is 2.40. The molecule has 2 rings (SSSR count). The molecule has 18 heavy (non-hydrogen) atoms. The molecule has 0 atom stereocenters. The van der Waals surface area contributed by atoms with Crippen molar-refractivity contribution in [1.82, 2.24) is 4.98 Å². The quantitative estimate of drug-likeness (QED) is 0.871. The molecule has 0 bridgehead atoms. The van der Waals surface area contributed by atoms with Crippen LogP contribution in [-0.2, 0) is 13.2 Å². The fourth-order valence-electron chi connectivity index (χ4n) is 1.75. The maximum Gasteiger partial charge on any atom is 0.128 e. The molecular formula is C14H15FN2O. The molecule has 0 saturated heterocycles. The van der Waals surface area contributed by atoms with E-state index in [0.29, 0.717) is 12.1 Å². The summed E-state index contributed by atoms with van der Waals surface area (Å²) >= 11 is 0. The summed E-state index contributed by atoms with van der Waals surface area (Å²) in [7, 11) is 0. The van der Waals surface area contributed by atoms with E-state index in [2.05, 4.69) is 10.3 Å². The third-order valence-corrected chi connectivity index (χ3v) is 2.75. The van der Waals surface area contributed by atoms with Gasteiger partial charge in [-0.05, 0) is 19.1 Å². The first-order valence-electron chi connectivity index (χ1n) is 5.73. The van der Waals surface area contributed by atoms with Crippen LogP contribution in [0.3, 0.4) is 0 Å². The summed E-state index contributed by atoms with van der Waals surface area (Å²) in [5.74, 6) is -0.234. The SMILES string of the molecule is Cc1ccc(F)c(CNc2cnccc2CO)c1. The van der Waals surface area contributed by atoms with E-state index >= 15 is 0 Å². The van der Waals surface area contributed by atoms with E-state index in [4.69, 9.17) is 0 Å². The molecule has 1 heterocycles. The van der Waals surface area contributed by atoms with Crippen molar-refractivity contribution in [3.05, 3.63) is 59.2 Å². The molecule has 4 heteroatoms. The number of aromatic nitrogens is 1. The zero-order chi connectivity index (χ0) is 13.0. The Bertz CT molecular complexity index is 543. The lowest BCUT2D eigenvalue weighted by Gasteiger charge is -2.10. The van der Waals surface area contributed by atoms with E-state index in [0.717, 1.165) is 16.8 Å². The molecule has 0 amide bonds. The third kappa shape index (κ3) is 2.84. The molecule has 0 unspecified atom stereocenters. The number of anilines is 1. The largest absolute Gasteiger partial charge is 0.392 e. The first-order chi connectivity index (χ1) is 8.70. The Morgan fingerprint density at radius 2 is 2.11 bits per heavy atom.